The summed E-state index contributed by atoms with van der Waals surface area (Å²) in [5.74, 6) is 0. The number of sulfonamides is 1. The average molecular weight is 347 g/mol. The van der Waals surface area contributed by atoms with E-state index in [1.54, 1.807) is 6.07 Å². The van der Waals surface area contributed by atoms with Crippen molar-refractivity contribution in [1.29, 1.82) is 0 Å². The van der Waals surface area contributed by atoms with E-state index < -0.39 is 10.0 Å². The van der Waals surface area contributed by atoms with Gasteiger partial charge in [0.2, 0.25) is 10.0 Å². The molecule has 1 aromatic carbocycles. The molecule has 0 unspecified atom stereocenters. The van der Waals surface area contributed by atoms with Gasteiger partial charge in [-0.05, 0) is 30.4 Å². The Balaban J connectivity index is 2.23. The Bertz CT molecular complexity index is 653. The minimum absolute atomic E-state index is 0.0241. The van der Waals surface area contributed by atoms with Gasteiger partial charge >= 0.3 is 0 Å². The maximum atomic E-state index is 12.4. The van der Waals surface area contributed by atoms with Crippen LogP contribution >= 0.6 is 23.8 Å². The summed E-state index contributed by atoms with van der Waals surface area (Å²) in [6, 6.07) is 4.54. The van der Waals surface area contributed by atoms with Gasteiger partial charge < -0.3 is 5.73 Å². The fraction of sp³-hybridized carbons (Fsp3) is 0.500. The quantitative estimate of drug-likeness (QED) is 0.804. The lowest BCUT2D eigenvalue weighted by Crippen LogP contribution is -2.34. The van der Waals surface area contributed by atoms with Gasteiger partial charge in [-0.2, -0.15) is 0 Å². The molecule has 1 saturated carbocycles. The van der Waals surface area contributed by atoms with Crippen molar-refractivity contribution in [2.45, 2.75) is 37.5 Å². The molecule has 2 rings (SSSR count). The third kappa shape index (κ3) is 3.94. The molecule has 0 saturated heterocycles. The Kier molecular flexibility index (Phi) is 4.92. The molecule has 21 heavy (non-hydrogen) atoms. The molecule has 0 radical (unpaired) electrons. The van der Waals surface area contributed by atoms with Crippen LogP contribution in [0.15, 0.2) is 23.1 Å². The van der Waals surface area contributed by atoms with Gasteiger partial charge in [-0.3, -0.25) is 0 Å². The molecule has 0 amide bonds. The lowest BCUT2D eigenvalue weighted by molar-refractivity contribution is 0.336. The van der Waals surface area contributed by atoms with E-state index in [0.29, 0.717) is 12.1 Å². The summed E-state index contributed by atoms with van der Waals surface area (Å²) in [7, 11) is -3.67. The van der Waals surface area contributed by atoms with E-state index in [1.807, 2.05) is 0 Å². The lowest BCUT2D eigenvalue weighted by Gasteiger charge is -2.23. The summed E-state index contributed by atoms with van der Waals surface area (Å²) in [6.45, 7) is 2.53. The molecule has 0 aliphatic heterocycles. The van der Waals surface area contributed by atoms with Gasteiger partial charge in [0.25, 0.3) is 0 Å². The van der Waals surface area contributed by atoms with Crippen LogP contribution in [0.4, 0.5) is 0 Å². The van der Waals surface area contributed by atoms with Gasteiger partial charge in [0.05, 0.1) is 5.02 Å². The van der Waals surface area contributed by atoms with Crippen LogP contribution in [-0.2, 0) is 10.0 Å². The summed E-state index contributed by atoms with van der Waals surface area (Å²) in [6.07, 6.45) is 4.37. The number of thiocarbonyl (C=S) groups is 1. The summed E-state index contributed by atoms with van der Waals surface area (Å²) in [5, 5.41) is 0.166. The second kappa shape index (κ2) is 6.20. The second-order valence-electron chi connectivity index (χ2n) is 5.85. The predicted octanol–water partition coefficient (Wildman–Crippen LogP) is 2.83. The predicted molar refractivity (Wildman–Crippen MR) is 89.1 cm³/mol. The van der Waals surface area contributed by atoms with Gasteiger partial charge in [0, 0.05) is 12.1 Å². The van der Waals surface area contributed by atoms with Crippen molar-refractivity contribution in [3.05, 3.63) is 28.8 Å². The van der Waals surface area contributed by atoms with Crippen molar-refractivity contribution in [3.63, 3.8) is 0 Å². The molecule has 1 fully saturated rings. The number of halogens is 1. The zero-order valence-electron chi connectivity index (χ0n) is 11.9. The van der Waals surface area contributed by atoms with E-state index in [1.165, 1.54) is 12.1 Å². The first-order valence-corrected chi connectivity index (χ1v) is 9.09. The molecule has 1 aliphatic carbocycles. The zero-order valence-corrected chi connectivity index (χ0v) is 14.2. The van der Waals surface area contributed by atoms with Crippen LogP contribution < -0.4 is 10.5 Å². The van der Waals surface area contributed by atoms with Gasteiger partial charge in [0.15, 0.2) is 0 Å². The van der Waals surface area contributed by atoms with Crippen LogP contribution in [0.1, 0.15) is 38.2 Å². The number of nitrogens with one attached hydrogen (secondary N) is 1. The highest BCUT2D eigenvalue weighted by molar-refractivity contribution is 7.89. The largest absolute Gasteiger partial charge is 0.389 e. The fourth-order valence-electron chi connectivity index (χ4n) is 2.61. The molecule has 0 bridgehead atoms. The van der Waals surface area contributed by atoms with Crippen LogP contribution in [0.25, 0.3) is 0 Å². The van der Waals surface area contributed by atoms with Gasteiger partial charge in [0.1, 0.15) is 9.88 Å². The first kappa shape index (κ1) is 16.7. The van der Waals surface area contributed by atoms with E-state index in [2.05, 4.69) is 11.6 Å². The monoisotopic (exact) mass is 346 g/mol. The molecule has 4 nitrogen and oxygen atoms in total. The van der Waals surface area contributed by atoms with Crippen molar-refractivity contribution < 1.29 is 8.42 Å². The van der Waals surface area contributed by atoms with Crippen LogP contribution in [0.5, 0.6) is 0 Å². The molecule has 0 aromatic heterocycles. The maximum absolute atomic E-state index is 12.4. The number of benzene rings is 1. The van der Waals surface area contributed by atoms with E-state index in [0.717, 1.165) is 25.7 Å². The first-order chi connectivity index (χ1) is 9.73. The van der Waals surface area contributed by atoms with Crippen LogP contribution in [-0.4, -0.2) is 20.0 Å². The molecule has 0 spiro atoms. The molecule has 1 aliphatic rings. The second-order valence-corrected chi connectivity index (χ2v) is 8.43. The molecule has 3 N–H and O–H groups in total. The van der Waals surface area contributed by atoms with Crippen molar-refractivity contribution >= 4 is 38.8 Å². The summed E-state index contributed by atoms with van der Waals surface area (Å²) in [4.78, 5) is 0.168. The molecule has 1 aromatic rings. The summed E-state index contributed by atoms with van der Waals surface area (Å²) in [5.41, 5.74) is 6.06. The van der Waals surface area contributed by atoms with E-state index >= 15 is 0 Å². The Hall–Kier alpha value is -0.690. The Morgan fingerprint density at radius 1 is 1.43 bits per heavy atom. The fourth-order valence-corrected chi connectivity index (χ4v) is 4.46. The van der Waals surface area contributed by atoms with Crippen LogP contribution in [0, 0.1) is 5.41 Å². The lowest BCUT2D eigenvalue weighted by atomic mass is 9.89. The topological polar surface area (TPSA) is 72.2 Å². The third-order valence-corrected chi connectivity index (χ3v) is 6.12. The number of hydrogen-bond acceptors (Lipinski definition) is 3. The highest BCUT2D eigenvalue weighted by Gasteiger charge is 2.30. The number of nitrogens with two attached hydrogens (primary N) is 1. The maximum Gasteiger partial charge on any atom is 0.242 e. The Morgan fingerprint density at radius 2 is 2.05 bits per heavy atom. The SMILES string of the molecule is CC1(CNS(=O)(=O)c2cc(C(N)=S)ccc2Cl)CCCC1. The summed E-state index contributed by atoms with van der Waals surface area (Å²) < 4.78 is 27.6. The highest BCUT2D eigenvalue weighted by Crippen LogP contribution is 2.37. The molecule has 0 atom stereocenters. The van der Waals surface area contributed by atoms with Crippen LogP contribution in [0.2, 0.25) is 5.02 Å². The average Bonchev–Trinajstić information content (AvgIpc) is 2.84. The Morgan fingerprint density at radius 3 is 2.62 bits per heavy atom. The van der Waals surface area contributed by atoms with Crippen molar-refractivity contribution in [2.24, 2.45) is 11.1 Å². The molecular formula is C14H19ClN2O2S2. The number of rotatable bonds is 5. The van der Waals surface area contributed by atoms with Crippen molar-refractivity contribution in [2.75, 3.05) is 6.54 Å². The molecule has 7 heteroatoms. The van der Waals surface area contributed by atoms with Gasteiger partial charge in [-0.25, -0.2) is 13.1 Å². The smallest absolute Gasteiger partial charge is 0.242 e. The van der Waals surface area contributed by atoms with Crippen LogP contribution in [0.3, 0.4) is 0 Å². The molecule has 116 valence electrons. The van der Waals surface area contributed by atoms with E-state index in [-0.39, 0.29) is 20.3 Å². The minimum atomic E-state index is -3.67. The molecular weight excluding hydrogens is 328 g/mol. The Labute approximate surface area is 136 Å². The van der Waals surface area contributed by atoms with E-state index in [4.69, 9.17) is 29.6 Å². The van der Waals surface area contributed by atoms with Gasteiger partial charge in [-0.15, -0.1) is 0 Å². The third-order valence-electron chi connectivity index (χ3n) is 4.00. The van der Waals surface area contributed by atoms with Crippen molar-refractivity contribution in [3.8, 4) is 0 Å². The summed E-state index contributed by atoms with van der Waals surface area (Å²) >= 11 is 10.9. The van der Waals surface area contributed by atoms with E-state index in [9.17, 15) is 8.42 Å². The van der Waals surface area contributed by atoms with Gasteiger partial charge in [-0.1, -0.05) is 49.7 Å². The minimum Gasteiger partial charge on any atom is -0.389 e. The molecule has 0 heterocycles. The first-order valence-electron chi connectivity index (χ1n) is 6.83. The zero-order chi connectivity index (χ0) is 15.7. The normalized spacial score (nSPS) is 17.8. The highest BCUT2D eigenvalue weighted by atomic mass is 35.5. The number of hydrogen-bond donors (Lipinski definition) is 2. The standard InChI is InChI=1S/C14H19ClN2O2S2/c1-14(6-2-3-7-14)9-17-21(18,19)12-8-10(13(16)20)4-5-11(12)15/h4-5,8,17H,2-3,6-7,9H2,1H3,(H2,16,20). The van der Waals surface area contributed by atoms with Crippen molar-refractivity contribution in [1.82, 2.24) is 4.72 Å².